The van der Waals surface area contributed by atoms with Crippen molar-refractivity contribution in [1.82, 2.24) is 4.98 Å². The first-order valence-corrected chi connectivity index (χ1v) is 10.5. The molecule has 7 heteroatoms. The fourth-order valence-electron chi connectivity index (χ4n) is 3.48. The maximum atomic E-state index is 11.0. The predicted molar refractivity (Wildman–Crippen MR) is 110 cm³/mol. The molecule has 0 aliphatic carbocycles. The summed E-state index contributed by atoms with van der Waals surface area (Å²) in [6.45, 7) is 1.50. The van der Waals surface area contributed by atoms with Gasteiger partial charge in [-0.05, 0) is 42.2 Å². The van der Waals surface area contributed by atoms with Crippen LogP contribution >= 0.6 is 11.8 Å². The number of allylic oxidation sites excluding steroid dienone is 1. The quantitative estimate of drug-likeness (QED) is 0.765. The number of rotatable bonds is 6. The highest BCUT2D eigenvalue weighted by molar-refractivity contribution is 8.08. The summed E-state index contributed by atoms with van der Waals surface area (Å²) in [5.74, 6) is 0.549. The van der Waals surface area contributed by atoms with Gasteiger partial charge < -0.3 is 14.6 Å². The van der Waals surface area contributed by atoms with Crippen LogP contribution in [0.5, 0.6) is 5.88 Å². The molecule has 3 heterocycles. The van der Waals surface area contributed by atoms with E-state index in [1.807, 2.05) is 6.07 Å². The van der Waals surface area contributed by atoms with E-state index in [-0.39, 0.29) is 18.1 Å². The van der Waals surface area contributed by atoms with E-state index in [1.54, 1.807) is 23.9 Å². The van der Waals surface area contributed by atoms with Crippen molar-refractivity contribution in [2.45, 2.75) is 25.4 Å². The van der Waals surface area contributed by atoms with Crippen LogP contribution < -0.4 is 4.74 Å². The van der Waals surface area contributed by atoms with Gasteiger partial charge in [0, 0.05) is 23.2 Å². The van der Waals surface area contributed by atoms with E-state index in [4.69, 9.17) is 14.6 Å². The van der Waals surface area contributed by atoms with E-state index in [0.29, 0.717) is 24.7 Å². The fourth-order valence-corrected chi connectivity index (χ4v) is 4.42. The second-order valence-corrected chi connectivity index (χ2v) is 8.08. The standard InChI is InChI=1S/C22H20N2O4S/c23-11-18-17(16-7-8-27-13-16)10-19(20-2-1-9-29-20)24-21(18)28-12-14-3-5-15(6-4-14)22(25)26/h2-6,10,16H,1,7-9,12-13H2,(H,25,26). The third kappa shape index (κ3) is 4.29. The molecular weight excluding hydrogens is 388 g/mol. The van der Waals surface area contributed by atoms with E-state index in [9.17, 15) is 10.1 Å². The SMILES string of the molecule is N#Cc1c(C2CCOC2)cc(C2=CCCS2)nc1OCc1ccc(C(=O)O)cc1. The highest BCUT2D eigenvalue weighted by atomic mass is 32.2. The Morgan fingerprint density at radius 2 is 2.21 bits per heavy atom. The highest BCUT2D eigenvalue weighted by Gasteiger charge is 2.26. The lowest BCUT2D eigenvalue weighted by atomic mass is 9.94. The second kappa shape index (κ2) is 8.68. The van der Waals surface area contributed by atoms with Gasteiger partial charge in [0.1, 0.15) is 18.2 Å². The summed E-state index contributed by atoms with van der Waals surface area (Å²) < 4.78 is 11.5. The lowest BCUT2D eigenvalue weighted by Gasteiger charge is -2.16. The average Bonchev–Trinajstić information content (AvgIpc) is 3.46. The Kier molecular flexibility index (Phi) is 5.84. The number of nitriles is 1. The van der Waals surface area contributed by atoms with Gasteiger partial charge >= 0.3 is 5.97 Å². The van der Waals surface area contributed by atoms with Crippen molar-refractivity contribution in [3.8, 4) is 11.9 Å². The van der Waals surface area contributed by atoms with Crippen LogP contribution in [0.3, 0.4) is 0 Å². The van der Waals surface area contributed by atoms with Crippen molar-refractivity contribution in [2.75, 3.05) is 19.0 Å². The normalized spacial score (nSPS) is 18.3. The van der Waals surface area contributed by atoms with Crippen LogP contribution in [-0.4, -0.2) is 35.0 Å². The first kappa shape index (κ1) is 19.5. The lowest BCUT2D eigenvalue weighted by Crippen LogP contribution is -2.08. The van der Waals surface area contributed by atoms with Crippen molar-refractivity contribution < 1.29 is 19.4 Å². The molecule has 2 aliphatic rings. The summed E-state index contributed by atoms with van der Waals surface area (Å²) in [6.07, 6.45) is 4.05. The summed E-state index contributed by atoms with van der Waals surface area (Å²) in [5.41, 5.74) is 3.26. The number of nitrogens with zero attached hydrogens (tertiary/aromatic N) is 2. The van der Waals surface area contributed by atoms with Gasteiger partial charge in [0.25, 0.3) is 0 Å². The van der Waals surface area contributed by atoms with Crippen LogP contribution in [0.4, 0.5) is 0 Å². The molecule has 29 heavy (non-hydrogen) atoms. The van der Waals surface area contributed by atoms with Gasteiger partial charge in [-0.15, -0.1) is 11.8 Å². The second-order valence-electron chi connectivity index (χ2n) is 6.95. The third-order valence-corrected chi connectivity index (χ3v) is 6.16. The Morgan fingerprint density at radius 1 is 1.38 bits per heavy atom. The van der Waals surface area contributed by atoms with Crippen molar-refractivity contribution in [3.05, 3.63) is 64.4 Å². The largest absolute Gasteiger partial charge is 0.478 e. The van der Waals surface area contributed by atoms with E-state index >= 15 is 0 Å². The van der Waals surface area contributed by atoms with E-state index in [1.165, 1.54) is 12.1 Å². The zero-order valence-corrected chi connectivity index (χ0v) is 16.6. The van der Waals surface area contributed by atoms with Crippen molar-refractivity contribution >= 4 is 22.6 Å². The molecule has 1 aromatic heterocycles. The molecule has 0 spiro atoms. The molecule has 1 aromatic carbocycles. The molecule has 1 saturated heterocycles. The molecule has 2 aromatic rings. The number of hydrogen-bond acceptors (Lipinski definition) is 6. The Bertz CT molecular complexity index is 989. The lowest BCUT2D eigenvalue weighted by molar-refractivity contribution is 0.0697. The number of aromatic nitrogens is 1. The minimum Gasteiger partial charge on any atom is -0.478 e. The summed E-state index contributed by atoms with van der Waals surface area (Å²) in [7, 11) is 0. The van der Waals surface area contributed by atoms with Crippen LogP contribution in [0, 0.1) is 11.3 Å². The number of carboxylic acids is 1. The number of aromatic carboxylic acids is 1. The number of benzene rings is 1. The molecule has 0 amide bonds. The fraction of sp³-hybridized carbons (Fsp3) is 0.318. The molecule has 1 atom stereocenters. The Balaban J connectivity index is 1.65. The van der Waals surface area contributed by atoms with E-state index < -0.39 is 5.97 Å². The predicted octanol–water partition coefficient (Wildman–Crippen LogP) is 4.21. The van der Waals surface area contributed by atoms with Gasteiger partial charge in [0.05, 0.1) is 17.9 Å². The zero-order valence-electron chi connectivity index (χ0n) is 15.8. The number of carbonyl (C=O) groups is 1. The maximum absolute atomic E-state index is 11.0. The molecule has 1 unspecified atom stereocenters. The van der Waals surface area contributed by atoms with Crippen LogP contribution in [0.2, 0.25) is 0 Å². The zero-order chi connectivity index (χ0) is 20.2. The molecular formula is C22H20N2O4S. The van der Waals surface area contributed by atoms with Gasteiger partial charge in [-0.1, -0.05) is 18.2 Å². The number of thioether (sulfide) groups is 1. The van der Waals surface area contributed by atoms with Crippen molar-refractivity contribution in [1.29, 1.82) is 5.26 Å². The Morgan fingerprint density at radius 3 is 2.83 bits per heavy atom. The molecule has 4 rings (SSSR count). The molecule has 1 N–H and O–H groups in total. The van der Waals surface area contributed by atoms with Crippen molar-refractivity contribution in [3.63, 3.8) is 0 Å². The van der Waals surface area contributed by atoms with Gasteiger partial charge in [-0.2, -0.15) is 5.26 Å². The molecule has 2 aliphatic heterocycles. The van der Waals surface area contributed by atoms with Crippen LogP contribution in [0.15, 0.2) is 36.4 Å². The minimum absolute atomic E-state index is 0.163. The Labute approximate surface area is 173 Å². The van der Waals surface area contributed by atoms with Crippen LogP contribution in [0.1, 0.15) is 51.5 Å². The van der Waals surface area contributed by atoms with Crippen LogP contribution in [-0.2, 0) is 11.3 Å². The van der Waals surface area contributed by atoms with Gasteiger partial charge in [-0.25, -0.2) is 9.78 Å². The molecule has 0 saturated carbocycles. The molecule has 1 fully saturated rings. The monoisotopic (exact) mass is 408 g/mol. The minimum atomic E-state index is -0.968. The first-order valence-electron chi connectivity index (χ1n) is 9.47. The first-order chi connectivity index (χ1) is 14.2. The third-order valence-electron chi connectivity index (χ3n) is 5.03. The molecule has 0 radical (unpaired) electrons. The smallest absolute Gasteiger partial charge is 0.335 e. The number of carboxylic acid groups (broad SMARTS) is 1. The topological polar surface area (TPSA) is 92.4 Å². The average molecular weight is 408 g/mol. The molecule has 6 nitrogen and oxygen atoms in total. The number of ether oxygens (including phenoxy) is 2. The van der Waals surface area contributed by atoms with Crippen LogP contribution in [0.25, 0.3) is 4.91 Å². The van der Waals surface area contributed by atoms with E-state index in [0.717, 1.165) is 40.3 Å². The number of hydrogen-bond donors (Lipinski definition) is 1. The molecule has 0 bridgehead atoms. The molecule has 148 valence electrons. The maximum Gasteiger partial charge on any atom is 0.335 e. The summed E-state index contributed by atoms with van der Waals surface area (Å²) in [5, 5.41) is 18.8. The summed E-state index contributed by atoms with van der Waals surface area (Å²) >= 11 is 1.76. The van der Waals surface area contributed by atoms with Gasteiger partial charge in [-0.3, -0.25) is 0 Å². The van der Waals surface area contributed by atoms with E-state index in [2.05, 4.69) is 17.1 Å². The van der Waals surface area contributed by atoms with Gasteiger partial charge in [0.2, 0.25) is 5.88 Å². The van der Waals surface area contributed by atoms with Gasteiger partial charge in [0.15, 0.2) is 0 Å². The Hall–Kier alpha value is -2.82. The summed E-state index contributed by atoms with van der Waals surface area (Å²) in [4.78, 5) is 16.8. The highest BCUT2D eigenvalue weighted by Crippen LogP contribution is 2.38. The van der Waals surface area contributed by atoms with Crippen molar-refractivity contribution in [2.24, 2.45) is 0 Å². The number of pyridine rings is 1. The summed E-state index contributed by atoms with van der Waals surface area (Å²) in [6, 6.07) is 10.8.